The molecule has 1 amide bonds. The average Bonchev–Trinajstić information content (AvgIpc) is 2.87. The van der Waals surface area contributed by atoms with Crippen molar-refractivity contribution >= 4 is 23.4 Å². The highest BCUT2D eigenvalue weighted by Gasteiger charge is 2.10. The zero-order valence-corrected chi connectivity index (χ0v) is 11.9. The first-order chi connectivity index (χ1) is 9.70. The van der Waals surface area contributed by atoms with Gasteiger partial charge in [-0.05, 0) is 29.0 Å². The first-order valence-electron chi connectivity index (χ1n) is 6.06. The summed E-state index contributed by atoms with van der Waals surface area (Å²) in [6, 6.07) is 7.65. The van der Waals surface area contributed by atoms with Crippen molar-refractivity contribution in [1.29, 1.82) is 0 Å². The van der Waals surface area contributed by atoms with Crippen molar-refractivity contribution in [2.75, 3.05) is 11.1 Å². The Hall–Kier alpha value is -2.15. The minimum atomic E-state index is -0.0857. The Balaban J connectivity index is 1.91. The standard InChI is InChI=1S/C13H15N5OS/c1-3-8-18-13(15-16-17-18)20-9-12(19)14-11-7-5-4-6-10(11)2/h3-7H,1,8-9H2,2H3,(H,14,19). The minimum absolute atomic E-state index is 0.0857. The second-order valence-corrected chi connectivity index (χ2v) is 5.03. The number of hydrogen-bond donors (Lipinski definition) is 1. The van der Waals surface area contributed by atoms with Crippen molar-refractivity contribution in [2.45, 2.75) is 18.6 Å². The molecule has 0 saturated heterocycles. The predicted octanol–water partition coefficient (Wildman–Crippen LogP) is 1.90. The number of hydrogen-bond acceptors (Lipinski definition) is 5. The third-order valence-corrected chi connectivity index (χ3v) is 3.51. The van der Waals surface area contributed by atoms with E-state index in [2.05, 4.69) is 27.4 Å². The van der Waals surface area contributed by atoms with Crippen molar-refractivity contribution in [3.8, 4) is 0 Å². The molecule has 0 aliphatic heterocycles. The van der Waals surface area contributed by atoms with Crippen molar-refractivity contribution in [3.05, 3.63) is 42.5 Å². The van der Waals surface area contributed by atoms with Crippen LogP contribution in [0.3, 0.4) is 0 Å². The molecule has 1 N–H and O–H groups in total. The summed E-state index contributed by atoms with van der Waals surface area (Å²) in [5, 5.41) is 14.7. The SMILES string of the molecule is C=CCn1nnnc1SCC(=O)Nc1ccccc1C. The largest absolute Gasteiger partial charge is 0.325 e. The number of nitrogens with one attached hydrogen (secondary N) is 1. The lowest BCUT2D eigenvalue weighted by molar-refractivity contribution is -0.113. The number of allylic oxidation sites excluding steroid dienone is 1. The summed E-state index contributed by atoms with van der Waals surface area (Å²) in [6.07, 6.45) is 1.70. The van der Waals surface area contributed by atoms with Crippen LogP contribution in [0.2, 0.25) is 0 Å². The van der Waals surface area contributed by atoms with Crippen molar-refractivity contribution < 1.29 is 4.79 Å². The molecule has 104 valence electrons. The van der Waals surface area contributed by atoms with Gasteiger partial charge in [0.15, 0.2) is 0 Å². The number of thioether (sulfide) groups is 1. The molecule has 1 aromatic carbocycles. The molecule has 1 heterocycles. The fraction of sp³-hybridized carbons (Fsp3) is 0.231. The van der Waals surface area contributed by atoms with E-state index < -0.39 is 0 Å². The van der Waals surface area contributed by atoms with Gasteiger partial charge in [-0.3, -0.25) is 4.79 Å². The molecule has 0 unspecified atom stereocenters. The van der Waals surface area contributed by atoms with Gasteiger partial charge in [-0.2, -0.15) is 0 Å². The maximum absolute atomic E-state index is 11.9. The van der Waals surface area contributed by atoms with Crippen LogP contribution in [0.5, 0.6) is 0 Å². The van der Waals surface area contributed by atoms with E-state index in [9.17, 15) is 4.79 Å². The number of benzene rings is 1. The highest BCUT2D eigenvalue weighted by atomic mass is 32.2. The highest BCUT2D eigenvalue weighted by molar-refractivity contribution is 7.99. The summed E-state index contributed by atoms with van der Waals surface area (Å²) in [6.45, 7) is 6.11. The van der Waals surface area contributed by atoms with Crippen LogP contribution in [0.1, 0.15) is 5.56 Å². The summed E-state index contributed by atoms with van der Waals surface area (Å²) in [4.78, 5) is 11.9. The van der Waals surface area contributed by atoms with Crippen LogP contribution in [0, 0.1) is 6.92 Å². The molecule has 0 aliphatic carbocycles. The van der Waals surface area contributed by atoms with Gasteiger partial charge in [0.25, 0.3) is 0 Å². The van der Waals surface area contributed by atoms with E-state index in [-0.39, 0.29) is 11.7 Å². The number of anilines is 1. The van der Waals surface area contributed by atoms with Crippen LogP contribution in [-0.4, -0.2) is 31.9 Å². The maximum atomic E-state index is 11.9. The lowest BCUT2D eigenvalue weighted by Crippen LogP contribution is -2.15. The van der Waals surface area contributed by atoms with E-state index in [1.165, 1.54) is 11.8 Å². The van der Waals surface area contributed by atoms with E-state index in [0.717, 1.165) is 11.3 Å². The average molecular weight is 289 g/mol. The van der Waals surface area contributed by atoms with Crippen LogP contribution in [0.15, 0.2) is 42.1 Å². The van der Waals surface area contributed by atoms with E-state index in [1.54, 1.807) is 10.8 Å². The number of rotatable bonds is 6. The van der Waals surface area contributed by atoms with Crippen LogP contribution >= 0.6 is 11.8 Å². The Morgan fingerprint density at radius 2 is 2.30 bits per heavy atom. The Bertz CT molecular complexity index is 610. The second kappa shape index (κ2) is 6.85. The number of aromatic nitrogens is 4. The lowest BCUT2D eigenvalue weighted by atomic mass is 10.2. The molecule has 0 aliphatic rings. The minimum Gasteiger partial charge on any atom is -0.325 e. The number of carbonyl (C=O) groups excluding carboxylic acids is 1. The van der Waals surface area contributed by atoms with E-state index in [4.69, 9.17) is 0 Å². The first-order valence-corrected chi connectivity index (χ1v) is 7.04. The molecule has 0 fully saturated rings. The number of carbonyl (C=O) groups is 1. The van der Waals surface area contributed by atoms with Gasteiger partial charge >= 0.3 is 0 Å². The molecular weight excluding hydrogens is 274 g/mol. The molecule has 0 radical (unpaired) electrons. The number of aryl methyl sites for hydroxylation is 1. The summed E-state index contributed by atoms with van der Waals surface area (Å²) in [7, 11) is 0. The Morgan fingerprint density at radius 3 is 3.05 bits per heavy atom. The van der Waals surface area contributed by atoms with Crippen LogP contribution < -0.4 is 5.32 Å². The van der Waals surface area contributed by atoms with Gasteiger partial charge in [0.05, 0.1) is 12.3 Å². The van der Waals surface area contributed by atoms with Gasteiger partial charge in [0, 0.05) is 5.69 Å². The molecule has 2 rings (SSSR count). The van der Waals surface area contributed by atoms with Gasteiger partial charge in [-0.1, -0.05) is 36.0 Å². The predicted molar refractivity (Wildman–Crippen MR) is 78.5 cm³/mol. The molecule has 0 saturated carbocycles. The van der Waals surface area contributed by atoms with Crippen molar-refractivity contribution in [2.24, 2.45) is 0 Å². The molecule has 2 aromatic rings. The highest BCUT2D eigenvalue weighted by Crippen LogP contribution is 2.16. The third kappa shape index (κ3) is 3.67. The lowest BCUT2D eigenvalue weighted by Gasteiger charge is -2.07. The monoisotopic (exact) mass is 289 g/mol. The summed E-state index contributed by atoms with van der Waals surface area (Å²) in [5.74, 6) is 0.170. The fourth-order valence-electron chi connectivity index (χ4n) is 1.57. The van der Waals surface area contributed by atoms with Crippen LogP contribution in [0.25, 0.3) is 0 Å². The number of para-hydroxylation sites is 1. The Morgan fingerprint density at radius 1 is 1.50 bits per heavy atom. The molecule has 20 heavy (non-hydrogen) atoms. The van der Waals surface area contributed by atoms with Crippen LogP contribution in [0.4, 0.5) is 5.69 Å². The maximum Gasteiger partial charge on any atom is 0.234 e. The smallest absolute Gasteiger partial charge is 0.234 e. The summed E-state index contributed by atoms with van der Waals surface area (Å²) >= 11 is 1.29. The van der Waals surface area contributed by atoms with Gasteiger partial charge in [0.1, 0.15) is 0 Å². The first kappa shape index (κ1) is 14.3. The Labute approximate surface area is 121 Å². The third-order valence-electron chi connectivity index (χ3n) is 2.55. The number of tetrazole rings is 1. The molecular formula is C13H15N5OS. The van der Waals surface area contributed by atoms with Crippen molar-refractivity contribution in [1.82, 2.24) is 20.2 Å². The van der Waals surface area contributed by atoms with Gasteiger partial charge in [-0.25, -0.2) is 4.68 Å². The summed E-state index contributed by atoms with van der Waals surface area (Å²) < 4.78 is 1.60. The Kier molecular flexibility index (Phi) is 4.89. The summed E-state index contributed by atoms with van der Waals surface area (Å²) in [5.41, 5.74) is 1.85. The van der Waals surface area contributed by atoms with E-state index in [1.807, 2.05) is 31.2 Å². The molecule has 0 atom stereocenters. The molecule has 7 heteroatoms. The van der Waals surface area contributed by atoms with Gasteiger partial charge in [-0.15, -0.1) is 11.7 Å². The number of nitrogens with zero attached hydrogens (tertiary/aromatic N) is 4. The quantitative estimate of drug-likeness (QED) is 0.649. The fourth-order valence-corrected chi connectivity index (χ4v) is 2.25. The zero-order valence-electron chi connectivity index (χ0n) is 11.1. The van der Waals surface area contributed by atoms with Gasteiger partial charge < -0.3 is 5.32 Å². The molecule has 0 bridgehead atoms. The van der Waals surface area contributed by atoms with Crippen LogP contribution in [-0.2, 0) is 11.3 Å². The van der Waals surface area contributed by atoms with Crippen molar-refractivity contribution in [3.63, 3.8) is 0 Å². The van der Waals surface area contributed by atoms with E-state index >= 15 is 0 Å². The number of amides is 1. The van der Waals surface area contributed by atoms with Gasteiger partial charge in [0.2, 0.25) is 11.1 Å². The normalized spacial score (nSPS) is 10.2. The van der Waals surface area contributed by atoms with E-state index in [0.29, 0.717) is 11.7 Å². The molecule has 0 spiro atoms. The second-order valence-electron chi connectivity index (χ2n) is 4.08. The topological polar surface area (TPSA) is 72.7 Å². The molecule has 6 nitrogen and oxygen atoms in total. The molecule has 1 aromatic heterocycles. The zero-order chi connectivity index (χ0) is 14.4.